The lowest BCUT2D eigenvalue weighted by Gasteiger charge is -2.59. The highest BCUT2D eigenvalue weighted by molar-refractivity contribution is 6.33. The van der Waals surface area contributed by atoms with Crippen LogP contribution in [0.25, 0.3) is 0 Å². The molecule has 1 N–H and O–H groups in total. The summed E-state index contributed by atoms with van der Waals surface area (Å²) in [5.74, 6) is 2.16. The van der Waals surface area contributed by atoms with Crippen molar-refractivity contribution >= 4 is 29.1 Å². The first-order valence-electron chi connectivity index (χ1n) is 12.2. The number of halogens is 1. The summed E-state index contributed by atoms with van der Waals surface area (Å²) in [5.41, 5.74) is 3.50. The van der Waals surface area contributed by atoms with E-state index in [2.05, 4.69) is 26.1 Å². The zero-order valence-electron chi connectivity index (χ0n) is 19.7. The van der Waals surface area contributed by atoms with Crippen LogP contribution in [0.2, 0.25) is 5.02 Å². The summed E-state index contributed by atoms with van der Waals surface area (Å²) in [6.07, 6.45) is 6.97. The molecule has 5 rings (SSSR count). The Morgan fingerprint density at radius 2 is 1.88 bits per heavy atom. The number of carbonyl (C=O) groups is 2. The Labute approximate surface area is 196 Å². The second kappa shape index (κ2) is 7.62. The van der Waals surface area contributed by atoms with Gasteiger partial charge in [0.1, 0.15) is 0 Å². The molecule has 0 unspecified atom stereocenters. The minimum atomic E-state index is 0.0248. The first kappa shape index (κ1) is 22.0. The van der Waals surface area contributed by atoms with Crippen molar-refractivity contribution in [3.8, 4) is 0 Å². The number of rotatable bonds is 2. The number of anilines is 1. The lowest BCUT2D eigenvalue weighted by Crippen LogP contribution is -2.54. The first-order valence-corrected chi connectivity index (χ1v) is 12.6. The van der Waals surface area contributed by atoms with E-state index in [-0.39, 0.29) is 28.6 Å². The van der Waals surface area contributed by atoms with E-state index >= 15 is 0 Å². The molecule has 0 spiro atoms. The Balaban J connectivity index is 1.42. The molecule has 3 aliphatic carbocycles. The maximum Gasteiger partial charge on any atom is 0.228 e. The average molecular weight is 455 g/mol. The van der Waals surface area contributed by atoms with Gasteiger partial charge in [-0.2, -0.15) is 0 Å². The third kappa shape index (κ3) is 3.09. The van der Waals surface area contributed by atoms with Gasteiger partial charge in [-0.3, -0.25) is 9.59 Å². The summed E-state index contributed by atoms with van der Waals surface area (Å²) >= 11 is 6.31. The molecular weight excluding hydrogens is 420 g/mol. The average Bonchev–Trinajstić information content (AvgIpc) is 3.10. The summed E-state index contributed by atoms with van der Waals surface area (Å²) in [5, 5.41) is 3.72. The molecule has 0 aromatic heterocycles. The minimum absolute atomic E-state index is 0.0248. The van der Waals surface area contributed by atoms with Crippen LogP contribution in [0.4, 0.5) is 5.69 Å². The van der Waals surface area contributed by atoms with Crippen LogP contribution in [-0.4, -0.2) is 23.8 Å². The molecular formula is C27H35ClN2O2. The predicted octanol–water partition coefficient (Wildman–Crippen LogP) is 6.27. The van der Waals surface area contributed by atoms with Gasteiger partial charge in [0, 0.05) is 30.5 Å². The van der Waals surface area contributed by atoms with Crippen molar-refractivity contribution in [3.63, 3.8) is 0 Å². The van der Waals surface area contributed by atoms with Crippen LogP contribution in [0.15, 0.2) is 35.5 Å². The molecule has 1 aromatic rings. The lowest BCUT2D eigenvalue weighted by molar-refractivity contribution is -0.137. The number of amides is 2. The van der Waals surface area contributed by atoms with Crippen molar-refractivity contribution in [1.29, 1.82) is 0 Å². The highest BCUT2D eigenvalue weighted by Crippen LogP contribution is 2.66. The zero-order chi connectivity index (χ0) is 22.8. The number of piperidine rings is 1. The highest BCUT2D eigenvalue weighted by atomic mass is 35.5. The van der Waals surface area contributed by atoms with Crippen molar-refractivity contribution in [2.24, 2.45) is 34.5 Å². The molecule has 1 aromatic carbocycles. The van der Waals surface area contributed by atoms with E-state index in [4.69, 9.17) is 11.6 Å². The Kier molecular flexibility index (Phi) is 5.24. The minimum Gasteiger partial charge on any atom is -0.325 e. The summed E-state index contributed by atoms with van der Waals surface area (Å²) in [4.78, 5) is 27.8. The molecule has 1 aliphatic heterocycles. The van der Waals surface area contributed by atoms with E-state index in [1.165, 1.54) is 11.3 Å². The number of hydrogen-bond acceptors (Lipinski definition) is 2. The number of nitrogens with zero attached hydrogens (tertiary/aromatic N) is 1. The standard InChI is InChI=1S/C27H35ClN2O2/c1-16-15-17-18-9-10-20(25(32)29-22-8-6-5-7-21(22)28)26(18,2)13-11-19(17)27(3)14-12-23(31)30(4)24(16)27/h5-8,17-20H,9-15H2,1-4H3,(H,29,32)/t17-,18-,19-,20+,26-,27+/m0/s1. The number of carbonyl (C=O) groups excluding carboxylic acids is 2. The van der Waals surface area contributed by atoms with E-state index in [0.717, 1.165) is 38.5 Å². The quantitative estimate of drug-likeness (QED) is 0.572. The van der Waals surface area contributed by atoms with E-state index < -0.39 is 0 Å². The molecule has 3 fully saturated rings. The van der Waals surface area contributed by atoms with Crippen molar-refractivity contribution in [1.82, 2.24) is 4.90 Å². The maximum absolute atomic E-state index is 13.4. The molecule has 2 amide bonds. The second-order valence-corrected chi connectivity index (χ2v) is 11.6. The summed E-state index contributed by atoms with van der Waals surface area (Å²) in [7, 11) is 1.97. The summed E-state index contributed by atoms with van der Waals surface area (Å²) in [6, 6.07) is 7.50. The predicted molar refractivity (Wildman–Crippen MR) is 128 cm³/mol. The lowest BCUT2D eigenvalue weighted by atomic mass is 9.48. The number of likely N-dealkylation sites (tertiary alicyclic amines) is 1. The van der Waals surface area contributed by atoms with Crippen molar-refractivity contribution in [2.75, 3.05) is 12.4 Å². The fourth-order valence-corrected chi connectivity index (χ4v) is 8.50. The van der Waals surface area contributed by atoms with E-state index in [9.17, 15) is 9.59 Å². The van der Waals surface area contributed by atoms with Gasteiger partial charge < -0.3 is 10.2 Å². The van der Waals surface area contributed by atoms with Crippen LogP contribution >= 0.6 is 11.6 Å². The van der Waals surface area contributed by atoms with Crippen LogP contribution in [0.5, 0.6) is 0 Å². The zero-order valence-corrected chi connectivity index (χ0v) is 20.5. The molecule has 5 heteroatoms. The van der Waals surface area contributed by atoms with Gasteiger partial charge in [-0.25, -0.2) is 0 Å². The van der Waals surface area contributed by atoms with Crippen LogP contribution in [0.1, 0.15) is 65.7 Å². The fourth-order valence-electron chi connectivity index (χ4n) is 8.32. The maximum atomic E-state index is 13.4. The summed E-state index contributed by atoms with van der Waals surface area (Å²) < 4.78 is 0. The van der Waals surface area contributed by atoms with Crippen LogP contribution in [0.3, 0.4) is 0 Å². The Bertz CT molecular complexity index is 1000. The topological polar surface area (TPSA) is 49.4 Å². The monoisotopic (exact) mass is 454 g/mol. The third-order valence-electron chi connectivity index (χ3n) is 9.76. The number of para-hydroxylation sites is 1. The molecule has 4 aliphatic rings. The van der Waals surface area contributed by atoms with Gasteiger partial charge in [-0.1, -0.05) is 43.2 Å². The molecule has 0 bridgehead atoms. The number of hydrogen-bond donors (Lipinski definition) is 1. The smallest absolute Gasteiger partial charge is 0.228 e. The van der Waals surface area contributed by atoms with E-state index in [1.54, 1.807) is 0 Å². The molecule has 32 heavy (non-hydrogen) atoms. The van der Waals surface area contributed by atoms with Crippen LogP contribution in [-0.2, 0) is 9.59 Å². The normalized spacial score (nSPS) is 38.8. The van der Waals surface area contributed by atoms with Crippen molar-refractivity contribution in [3.05, 3.63) is 40.6 Å². The van der Waals surface area contributed by atoms with Gasteiger partial charge in [0.15, 0.2) is 0 Å². The van der Waals surface area contributed by atoms with Gasteiger partial charge in [0.2, 0.25) is 11.8 Å². The molecule has 2 saturated carbocycles. The van der Waals surface area contributed by atoms with Gasteiger partial charge >= 0.3 is 0 Å². The van der Waals surface area contributed by atoms with Crippen molar-refractivity contribution < 1.29 is 9.59 Å². The summed E-state index contributed by atoms with van der Waals surface area (Å²) in [6.45, 7) is 7.01. The second-order valence-electron chi connectivity index (χ2n) is 11.2. The number of allylic oxidation sites excluding steroid dienone is 2. The number of fused-ring (bicyclic) bond motifs is 5. The molecule has 172 valence electrons. The van der Waals surface area contributed by atoms with Gasteiger partial charge in [-0.05, 0) is 80.8 Å². The van der Waals surface area contributed by atoms with Crippen molar-refractivity contribution in [2.45, 2.75) is 65.7 Å². The first-order chi connectivity index (χ1) is 15.2. The van der Waals surface area contributed by atoms with Gasteiger partial charge in [0.25, 0.3) is 0 Å². The highest BCUT2D eigenvalue weighted by Gasteiger charge is 2.61. The Hall–Kier alpha value is -1.81. The Morgan fingerprint density at radius 3 is 2.62 bits per heavy atom. The number of benzene rings is 1. The SMILES string of the molecule is CC1=C2N(C)C(=O)CC[C@]2(C)[C@H]2CC[C@]3(C)[C@@H](C(=O)Nc4ccccc4Cl)CC[C@H]3[C@@H]2C1. The molecule has 1 saturated heterocycles. The van der Waals surface area contributed by atoms with Crippen LogP contribution < -0.4 is 5.32 Å². The molecule has 4 nitrogen and oxygen atoms in total. The fraction of sp³-hybridized carbons (Fsp3) is 0.630. The van der Waals surface area contributed by atoms with E-state index in [1.807, 2.05) is 36.2 Å². The third-order valence-corrected chi connectivity index (χ3v) is 10.1. The van der Waals surface area contributed by atoms with Gasteiger partial charge in [0.05, 0.1) is 10.7 Å². The van der Waals surface area contributed by atoms with Crippen LogP contribution in [0, 0.1) is 34.5 Å². The molecule has 6 atom stereocenters. The van der Waals surface area contributed by atoms with Gasteiger partial charge in [-0.15, -0.1) is 0 Å². The molecule has 1 heterocycles. The van der Waals surface area contributed by atoms with E-state index in [0.29, 0.717) is 34.9 Å². The largest absolute Gasteiger partial charge is 0.325 e. The Morgan fingerprint density at radius 1 is 1.12 bits per heavy atom. The molecule has 0 radical (unpaired) electrons. The number of nitrogens with one attached hydrogen (secondary N) is 1.